The molecule has 0 aliphatic rings. The van der Waals surface area contributed by atoms with E-state index in [4.69, 9.17) is 14.2 Å². The van der Waals surface area contributed by atoms with Crippen LogP contribution >= 0.6 is 0 Å². The lowest BCUT2D eigenvalue weighted by atomic mass is 10.1. The van der Waals surface area contributed by atoms with Gasteiger partial charge in [0.05, 0.1) is 0 Å². The van der Waals surface area contributed by atoms with Crippen LogP contribution in [-0.2, 0) is 28.6 Å². The topological polar surface area (TPSA) is 78.9 Å². The molecule has 0 aliphatic heterocycles. The first-order valence-corrected chi connectivity index (χ1v) is 28.1. The molecule has 6 nitrogen and oxygen atoms in total. The number of carbonyl (C=O) groups excluding carboxylic acids is 3. The molecule has 6 heteroatoms. The highest BCUT2D eigenvalue weighted by molar-refractivity contribution is 5.71. The highest BCUT2D eigenvalue weighted by Crippen LogP contribution is 2.15. The van der Waals surface area contributed by atoms with Crippen molar-refractivity contribution in [3.05, 3.63) is 48.6 Å². The second kappa shape index (κ2) is 54.0. The maximum Gasteiger partial charge on any atom is 0.306 e. The van der Waals surface area contributed by atoms with E-state index < -0.39 is 6.10 Å². The lowest BCUT2D eigenvalue weighted by Crippen LogP contribution is -2.30. The summed E-state index contributed by atoms with van der Waals surface area (Å²) in [6.45, 7) is 6.59. The third-order valence-electron chi connectivity index (χ3n) is 12.3. The molecular formula is C59H106O6. The molecule has 1 atom stereocenters. The Morgan fingerprint density at radius 3 is 0.954 bits per heavy atom. The molecule has 0 fully saturated rings. The Labute approximate surface area is 403 Å². The molecule has 0 saturated heterocycles. The minimum Gasteiger partial charge on any atom is -0.462 e. The van der Waals surface area contributed by atoms with Crippen molar-refractivity contribution in [1.82, 2.24) is 0 Å². The van der Waals surface area contributed by atoms with E-state index in [1.807, 2.05) is 6.08 Å². The van der Waals surface area contributed by atoms with Crippen LogP contribution in [0.1, 0.15) is 290 Å². The number of allylic oxidation sites excluding steroid dienone is 8. The van der Waals surface area contributed by atoms with Crippen LogP contribution in [0.2, 0.25) is 0 Å². The van der Waals surface area contributed by atoms with E-state index in [2.05, 4.69) is 63.3 Å². The predicted molar refractivity (Wildman–Crippen MR) is 279 cm³/mol. The molecule has 0 aliphatic carbocycles. The third-order valence-corrected chi connectivity index (χ3v) is 12.3. The molecule has 378 valence electrons. The van der Waals surface area contributed by atoms with Crippen molar-refractivity contribution in [3.63, 3.8) is 0 Å². The summed E-state index contributed by atoms with van der Waals surface area (Å²) in [5, 5.41) is 0. The maximum absolute atomic E-state index is 12.8. The molecule has 0 aromatic heterocycles. The van der Waals surface area contributed by atoms with Crippen molar-refractivity contribution < 1.29 is 28.6 Å². The van der Waals surface area contributed by atoms with Crippen LogP contribution < -0.4 is 0 Å². The van der Waals surface area contributed by atoms with Crippen molar-refractivity contribution in [1.29, 1.82) is 0 Å². The van der Waals surface area contributed by atoms with Crippen molar-refractivity contribution >= 4 is 17.9 Å². The number of rotatable bonds is 51. The zero-order valence-electron chi connectivity index (χ0n) is 43.3. The predicted octanol–water partition coefficient (Wildman–Crippen LogP) is 18.7. The Morgan fingerprint density at radius 1 is 0.308 bits per heavy atom. The molecule has 0 bridgehead atoms. The second-order valence-corrected chi connectivity index (χ2v) is 18.8. The van der Waals surface area contributed by atoms with Gasteiger partial charge < -0.3 is 14.2 Å². The molecule has 0 aromatic carbocycles. The molecule has 0 spiro atoms. The lowest BCUT2D eigenvalue weighted by molar-refractivity contribution is -0.166. The zero-order valence-corrected chi connectivity index (χ0v) is 43.3. The van der Waals surface area contributed by atoms with Gasteiger partial charge in [0.1, 0.15) is 13.2 Å². The minimum absolute atomic E-state index is 0.0965. The summed E-state index contributed by atoms with van der Waals surface area (Å²) in [6.07, 6.45) is 65.4. The number of esters is 3. The van der Waals surface area contributed by atoms with E-state index in [9.17, 15) is 14.4 Å². The van der Waals surface area contributed by atoms with Gasteiger partial charge in [0.15, 0.2) is 6.10 Å². The van der Waals surface area contributed by atoms with Crippen molar-refractivity contribution in [2.45, 2.75) is 297 Å². The van der Waals surface area contributed by atoms with Crippen LogP contribution in [-0.4, -0.2) is 37.2 Å². The van der Waals surface area contributed by atoms with Gasteiger partial charge in [-0.05, 0) is 89.9 Å². The average molecular weight is 911 g/mol. The number of unbranched alkanes of at least 4 members (excludes halogenated alkanes) is 32. The first kappa shape index (κ1) is 62.4. The summed E-state index contributed by atoms with van der Waals surface area (Å²) < 4.78 is 16.8. The monoisotopic (exact) mass is 911 g/mol. The largest absolute Gasteiger partial charge is 0.462 e. The number of ether oxygens (including phenoxy) is 3. The van der Waals surface area contributed by atoms with Crippen LogP contribution in [0.5, 0.6) is 0 Å². The summed E-state index contributed by atoms with van der Waals surface area (Å²) in [4.78, 5) is 38.0. The Bertz CT molecular complexity index is 1140. The van der Waals surface area contributed by atoms with Crippen LogP contribution in [0, 0.1) is 0 Å². The SMILES string of the molecule is CCCCCCCC/C=C\C/C=C\CCC(=O)OCC(COC(=O)CCCCCCC/C=C\CCCCCCCCCCC)OC(=O)CCCCCCC/C=C\CCCCCCCCC. The molecule has 0 heterocycles. The number of hydrogen-bond donors (Lipinski definition) is 0. The van der Waals surface area contributed by atoms with E-state index >= 15 is 0 Å². The van der Waals surface area contributed by atoms with Crippen LogP contribution in [0.15, 0.2) is 48.6 Å². The smallest absolute Gasteiger partial charge is 0.306 e. The normalized spacial score (nSPS) is 12.4. The van der Waals surface area contributed by atoms with Crippen LogP contribution in [0.3, 0.4) is 0 Å². The highest BCUT2D eigenvalue weighted by atomic mass is 16.6. The summed E-state index contributed by atoms with van der Waals surface area (Å²) in [6, 6.07) is 0. The van der Waals surface area contributed by atoms with Crippen LogP contribution in [0.25, 0.3) is 0 Å². The highest BCUT2D eigenvalue weighted by Gasteiger charge is 2.19. The molecule has 65 heavy (non-hydrogen) atoms. The number of carbonyl (C=O) groups is 3. The van der Waals surface area contributed by atoms with Gasteiger partial charge in [-0.1, -0.05) is 230 Å². The molecule has 0 saturated carbocycles. The molecule has 0 N–H and O–H groups in total. The van der Waals surface area contributed by atoms with Gasteiger partial charge in [0.2, 0.25) is 0 Å². The molecule has 0 aromatic rings. The van der Waals surface area contributed by atoms with E-state index in [1.165, 1.54) is 173 Å². The summed E-state index contributed by atoms with van der Waals surface area (Å²) in [7, 11) is 0. The molecule has 0 rings (SSSR count). The lowest BCUT2D eigenvalue weighted by Gasteiger charge is -2.18. The van der Waals surface area contributed by atoms with Crippen molar-refractivity contribution in [3.8, 4) is 0 Å². The van der Waals surface area contributed by atoms with E-state index in [0.29, 0.717) is 19.3 Å². The second-order valence-electron chi connectivity index (χ2n) is 18.8. The van der Waals surface area contributed by atoms with E-state index in [-0.39, 0.29) is 37.5 Å². The van der Waals surface area contributed by atoms with E-state index in [0.717, 1.165) is 70.6 Å². The molecule has 0 radical (unpaired) electrons. The number of hydrogen-bond acceptors (Lipinski definition) is 6. The first-order valence-electron chi connectivity index (χ1n) is 28.1. The fraction of sp³-hybridized carbons (Fsp3) is 0.814. The quantitative estimate of drug-likeness (QED) is 0.0262. The standard InChI is InChI=1S/C59H106O6/c1-4-7-10-13-16-19-22-25-27-29-30-32-34-37-40-43-46-49-52-58(61)64-55-56(54-63-57(60)51-48-45-42-39-36-33-24-21-18-15-12-9-6-3)65-59(62)53-50-47-44-41-38-35-31-28-26-23-20-17-14-11-8-5-2/h28,30-33,36,42,45,56H,4-27,29,34-35,37-41,43-44,46-55H2,1-3H3/b31-28-,32-30-,36-33-,45-42-. The van der Waals surface area contributed by atoms with Gasteiger partial charge in [-0.15, -0.1) is 0 Å². The third kappa shape index (κ3) is 52.2. The Kier molecular flexibility index (Phi) is 51.8. The molecule has 0 amide bonds. The van der Waals surface area contributed by atoms with Gasteiger partial charge in [0.25, 0.3) is 0 Å². The Hall–Kier alpha value is -2.63. The Morgan fingerprint density at radius 2 is 0.585 bits per heavy atom. The van der Waals surface area contributed by atoms with Gasteiger partial charge >= 0.3 is 17.9 Å². The maximum atomic E-state index is 12.8. The minimum atomic E-state index is -0.802. The van der Waals surface area contributed by atoms with E-state index in [1.54, 1.807) is 0 Å². The molecular weight excluding hydrogens is 805 g/mol. The zero-order chi connectivity index (χ0) is 47.2. The van der Waals surface area contributed by atoms with Gasteiger partial charge in [0, 0.05) is 19.3 Å². The fourth-order valence-electron chi connectivity index (χ4n) is 8.01. The fourth-order valence-corrected chi connectivity index (χ4v) is 8.01. The average Bonchev–Trinajstić information content (AvgIpc) is 3.30. The summed E-state index contributed by atoms with van der Waals surface area (Å²) in [5.41, 5.74) is 0. The van der Waals surface area contributed by atoms with Crippen molar-refractivity contribution in [2.75, 3.05) is 13.2 Å². The van der Waals surface area contributed by atoms with Crippen molar-refractivity contribution in [2.24, 2.45) is 0 Å². The van der Waals surface area contributed by atoms with Gasteiger partial charge in [-0.25, -0.2) is 0 Å². The van der Waals surface area contributed by atoms with Crippen LogP contribution in [0.4, 0.5) is 0 Å². The summed E-state index contributed by atoms with van der Waals surface area (Å²) in [5.74, 6) is -0.973. The first-order chi connectivity index (χ1) is 32.0. The molecule has 1 unspecified atom stereocenters. The summed E-state index contributed by atoms with van der Waals surface area (Å²) >= 11 is 0. The van der Waals surface area contributed by atoms with Gasteiger partial charge in [-0.2, -0.15) is 0 Å². The Balaban J connectivity index is 4.42. The van der Waals surface area contributed by atoms with Gasteiger partial charge in [-0.3, -0.25) is 14.4 Å².